The Balaban J connectivity index is 2.03. The lowest BCUT2D eigenvalue weighted by molar-refractivity contribution is 0.352. The molecule has 2 aromatic rings. The quantitative estimate of drug-likeness (QED) is 0.515. The van der Waals surface area contributed by atoms with Crippen molar-refractivity contribution < 1.29 is 0 Å². The van der Waals surface area contributed by atoms with Gasteiger partial charge in [-0.25, -0.2) is 0 Å². The molecule has 1 fully saturated rings. The van der Waals surface area contributed by atoms with E-state index in [-0.39, 0.29) is 5.41 Å². The maximum Gasteiger partial charge on any atom is 0.0681 e. The molecule has 0 saturated heterocycles. The van der Waals surface area contributed by atoms with Gasteiger partial charge in [0.05, 0.1) is 4.47 Å². The van der Waals surface area contributed by atoms with E-state index in [0.717, 1.165) is 4.47 Å². The predicted octanol–water partition coefficient (Wildman–Crippen LogP) is 6.04. The molecule has 100 valence electrons. The van der Waals surface area contributed by atoms with Crippen molar-refractivity contribution in [2.24, 2.45) is 0 Å². The van der Waals surface area contributed by atoms with Crippen LogP contribution in [-0.2, 0) is 5.41 Å². The first-order valence-corrected chi connectivity index (χ1v) is 8.74. The van der Waals surface area contributed by atoms with Crippen molar-refractivity contribution >= 4 is 31.9 Å². The van der Waals surface area contributed by atoms with Crippen LogP contribution in [0.5, 0.6) is 0 Å². The second-order valence-corrected chi connectivity index (χ2v) is 7.63. The van der Waals surface area contributed by atoms with E-state index in [0.29, 0.717) is 0 Å². The molecule has 0 unspecified atom stereocenters. The minimum absolute atomic E-state index is 0.209. The molecule has 0 aliphatic heterocycles. The Bertz CT molecular complexity index is 628. The van der Waals surface area contributed by atoms with E-state index in [1.54, 1.807) is 0 Å². The molecule has 1 saturated carbocycles. The van der Waals surface area contributed by atoms with Crippen molar-refractivity contribution in [2.75, 3.05) is 0 Å². The van der Waals surface area contributed by atoms with E-state index in [4.69, 9.17) is 0 Å². The highest BCUT2D eigenvalue weighted by Crippen LogP contribution is 2.55. The van der Waals surface area contributed by atoms with E-state index >= 15 is 0 Å². The Morgan fingerprint density at radius 1 is 0.900 bits per heavy atom. The molecule has 0 heterocycles. The summed E-state index contributed by atoms with van der Waals surface area (Å²) in [5, 5.41) is 0. The van der Waals surface area contributed by atoms with E-state index in [1.807, 2.05) is 0 Å². The molecule has 0 amide bonds. The number of fused-ring (bicyclic) bond motifs is 5. The normalized spacial score (nSPS) is 18.5. The molecule has 0 atom stereocenters. The SMILES string of the molecule is Brc1c#cc2c(c1)C1(CCCCC1)c1cc(Br)ccc1-2. The summed E-state index contributed by atoms with van der Waals surface area (Å²) >= 11 is 7.22. The van der Waals surface area contributed by atoms with Gasteiger partial charge in [0.15, 0.2) is 0 Å². The second kappa shape index (κ2) is 4.61. The molecular formula is C18H14Br2. The van der Waals surface area contributed by atoms with E-state index in [1.165, 1.54) is 58.8 Å². The number of hydrogen-bond donors (Lipinski definition) is 0. The second-order valence-electron chi connectivity index (χ2n) is 5.86. The predicted molar refractivity (Wildman–Crippen MR) is 88.8 cm³/mol. The van der Waals surface area contributed by atoms with Crippen LogP contribution in [0.1, 0.15) is 43.2 Å². The molecular weight excluding hydrogens is 376 g/mol. The third-order valence-corrected chi connectivity index (χ3v) is 5.76. The minimum Gasteiger partial charge on any atom is -0.0601 e. The summed E-state index contributed by atoms with van der Waals surface area (Å²) in [6, 6.07) is 15.5. The standard InChI is InChI=1S/C18H14Br2/c19-12-4-6-14-15-7-5-13(20)11-17(15)18(16(14)10-12)8-2-1-3-9-18/h4,6,10-11H,1-3,8-9H2. The third kappa shape index (κ3) is 1.73. The number of benzene rings is 1. The van der Waals surface area contributed by atoms with Gasteiger partial charge in [-0.1, -0.05) is 53.4 Å². The monoisotopic (exact) mass is 388 g/mol. The highest BCUT2D eigenvalue weighted by Gasteiger charge is 2.43. The lowest BCUT2D eigenvalue weighted by atomic mass is 9.68. The third-order valence-electron chi connectivity index (χ3n) is 4.84. The first-order valence-electron chi connectivity index (χ1n) is 7.15. The van der Waals surface area contributed by atoms with Gasteiger partial charge in [-0.15, -0.1) is 0 Å². The Morgan fingerprint density at radius 2 is 1.70 bits per heavy atom. The lowest BCUT2D eigenvalue weighted by Gasteiger charge is -2.35. The van der Waals surface area contributed by atoms with Crippen molar-refractivity contribution in [1.82, 2.24) is 0 Å². The summed E-state index contributed by atoms with van der Waals surface area (Å²) in [5.41, 5.74) is 5.77. The van der Waals surface area contributed by atoms with Crippen molar-refractivity contribution in [1.29, 1.82) is 0 Å². The Labute approximate surface area is 136 Å². The summed E-state index contributed by atoms with van der Waals surface area (Å²) in [6.07, 6.45) is 6.52. The Morgan fingerprint density at radius 3 is 2.50 bits per heavy atom. The summed E-state index contributed by atoms with van der Waals surface area (Å²) < 4.78 is 2.20. The fraction of sp³-hybridized carbons (Fsp3) is 0.333. The van der Waals surface area contributed by atoms with Gasteiger partial charge >= 0.3 is 0 Å². The van der Waals surface area contributed by atoms with E-state index in [9.17, 15) is 0 Å². The molecule has 2 aliphatic carbocycles. The van der Waals surface area contributed by atoms with Crippen molar-refractivity contribution in [3.63, 3.8) is 0 Å². The van der Waals surface area contributed by atoms with Crippen molar-refractivity contribution in [2.45, 2.75) is 37.5 Å². The van der Waals surface area contributed by atoms with Crippen LogP contribution in [0.15, 0.2) is 33.2 Å². The van der Waals surface area contributed by atoms with Gasteiger partial charge in [0.25, 0.3) is 0 Å². The van der Waals surface area contributed by atoms with E-state index in [2.05, 4.69) is 68.3 Å². The minimum atomic E-state index is 0.209. The fourth-order valence-electron chi connectivity index (χ4n) is 3.98. The van der Waals surface area contributed by atoms with Crippen molar-refractivity contribution in [3.8, 4) is 11.1 Å². The summed E-state index contributed by atoms with van der Waals surface area (Å²) in [4.78, 5) is 0. The Hall–Kier alpha value is -0.780. The van der Waals surface area contributed by atoms with Gasteiger partial charge in [-0.2, -0.15) is 0 Å². The average Bonchev–Trinajstić information content (AvgIpc) is 2.70. The molecule has 0 radical (unpaired) electrons. The molecule has 0 bridgehead atoms. The number of halogens is 2. The highest BCUT2D eigenvalue weighted by molar-refractivity contribution is 9.10. The van der Waals surface area contributed by atoms with Crippen LogP contribution in [0.3, 0.4) is 0 Å². The topological polar surface area (TPSA) is 0 Å². The van der Waals surface area contributed by atoms with Gasteiger partial charge < -0.3 is 0 Å². The van der Waals surface area contributed by atoms with Gasteiger partial charge in [0.2, 0.25) is 0 Å². The molecule has 0 aromatic heterocycles. The zero-order chi connectivity index (χ0) is 13.7. The molecule has 1 spiro atoms. The lowest BCUT2D eigenvalue weighted by Crippen LogP contribution is -2.28. The zero-order valence-corrected chi connectivity index (χ0v) is 14.3. The van der Waals surface area contributed by atoms with Crippen LogP contribution in [0.2, 0.25) is 0 Å². The van der Waals surface area contributed by atoms with Gasteiger partial charge in [0.1, 0.15) is 0 Å². The maximum atomic E-state index is 3.65. The first-order chi connectivity index (χ1) is 9.71. The van der Waals surface area contributed by atoms with Crippen LogP contribution in [0.25, 0.3) is 11.1 Å². The summed E-state index contributed by atoms with van der Waals surface area (Å²) in [5.74, 6) is 0. The van der Waals surface area contributed by atoms with Crippen LogP contribution >= 0.6 is 31.9 Å². The number of rotatable bonds is 0. The highest BCUT2D eigenvalue weighted by atomic mass is 79.9. The van der Waals surface area contributed by atoms with Crippen LogP contribution in [0.4, 0.5) is 0 Å². The molecule has 4 rings (SSSR count). The van der Waals surface area contributed by atoms with Crippen LogP contribution < -0.4 is 0 Å². The maximum absolute atomic E-state index is 3.65. The fourth-order valence-corrected chi connectivity index (χ4v) is 4.67. The zero-order valence-electron chi connectivity index (χ0n) is 11.1. The molecule has 0 N–H and O–H groups in total. The number of hydrogen-bond acceptors (Lipinski definition) is 0. The largest absolute Gasteiger partial charge is 0.0681 e. The molecule has 2 aromatic carbocycles. The van der Waals surface area contributed by atoms with Crippen LogP contribution in [0, 0.1) is 12.1 Å². The first kappa shape index (κ1) is 12.9. The smallest absolute Gasteiger partial charge is 0.0601 e. The molecule has 2 aliphatic rings. The van der Waals surface area contributed by atoms with Gasteiger partial charge in [-0.3, -0.25) is 0 Å². The van der Waals surface area contributed by atoms with Gasteiger partial charge in [0, 0.05) is 15.5 Å². The van der Waals surface area contributed by atoms with Crippen molar-refractivity contribution in [3.05, 3.63) is 56.5 Å². The van der Waals surface area contributed by atoms with E-state index < -0.39 is 0 Å². The molecule has 20 heavy (non-hydrogen) atoms. The molecule has 2 heteroatoms. The summed E-state index contributed by atoms with van der Waals surface area (Å²) in [7, 11) is 0. The average molecular weight is 390 g/mol. The molecule has 0 nitrogen and oxygen atoms in total. The van der Waals surface area contributed by atoms with Gasteiger partial charge in [-0.05, 0) is 63.7 Å². The van der Waals surface area contributed by atoms with Crippen LogP contribution in [-0.4, -0.2) is 0 Å². The Kier molecular flexibility index (Phi) is 2.98. The summed E-state index contributed by atoms with van der Waals surface area (Å²) in [6.45, 7) is 0.